The fourth-order valence-corrected chi connectivity index (χ4v) is 3.69. The predicted octanol–water partition coefficient (Wildman–Crippen LogP) is 5.06. The molecular weight excluding hydrogens is 303 g/mol. The molecule has 0 radical (unpaired) electrons. The standard InChI is InChI=1S/C16H31O5P/c1-5-9-10-11-12-13-14-15(16(17)19-6-2)22(18,20-7-3)21-8-4/h14H,5-13H2,1-4H3. The molecule has 22 heavy (non-hydrogen) atoms. The van der Waals surface area contributed by atoms with Gasteiger partial charge in [-0.15, -0.1) is 0 Å². The van der Waals surface area contributed by atoms with Crippen LogP contribution in [0.5, 0.6) is 0 Å². The van der Waals surface area contributed by atoms with E-state index in [4.69, 9.17) is 13.8 Å². The van der Waals surface area contributed by atoms with Gasteiger partial charge in [0.25, 0.3) is 0 Å². The highest BCUT2D eigenvalue weighted by Crippen LogP contribution is 2.56. The first kappa shape index (κ1) is 21.4. The molecule has 0 fully saturated rings. The van der Waals surface area contributed by atoms with Crippen molar-refractivity contribution >= 4 is 13.6 Å². The summed E-state index contributed by atoms with van der Waals surface area (Å²) in [5.74, 6) is -0.610. The van der Waals surface area contributed by atoms with Gasteiger partial charge in [-0.05, 0) is 33.6 Å². The minimum Gasteiger partial charge on any atom is -0.462 e. The van der Waals surface area contributed by atoms with Gasteiger partial charge < -0.3 is 13.8 Å². The summed E-state index contributed by atoms with van der Waals surface area (Å²) in [5, 5.41) is 0.0357. The maximum Gasteiger partial charge on any atom is 0.368 e. The Bertz CT molecular complexity index is 369. The van der Waals surface area contributed by atoms with Crippen LogP contribution in [0.3, 0.4) is 0 Å². The van der Waals surface area contributed by atoms with Crippen LogP contribution in [0.25, 0.3) is 0 Å². The van der Waals surface area contributed by atoms with Crippen LogP contribution < -0.4 is 0 Å². The normalized spacial score (nSPS) is 12.5. The van der Waals surface area contributed by atoms with E-state index in [0.717, 1.165) is 12.8 Å². The molecule has 130 valence electrons. The molecule has 0 aliphatic heterocycles. The van der Waals surface area contributed by atoms with Gasteiger partial charge in [0, 0.05) is 0 Å². The zero-order valence-electron chi connectivity index (χ0n) is 14.4. The summed E-state index contributed by atoms with van der Waals surface area (Å²) in [4.78, 5) is 12.1. The second kappa shape index (κ2) is 12.9. The van der Waals surface area contributed by atoms with E-state index in [1.165, 1.54) is 19.3 Å². The average Bonchev–Trinajstić information content (AvgIpc) is 2.47. The Hall–Kier alpha value is -0.640. The van der Waals surface area contributed by atoms with Crippen LogP contribution in [0.1, 0.15) is 66.2 Å². The SMILES string of the molecule is CCCCCCCC=C(C(=O)OCC)P(=O)(OCC)OCC. The Kier molecular flexibility index (Phi) is 12.5. The quantitative estimate of drug-likeness (QED) is 0.204. The molecular formula is C16H31O5P. The van der Waals surface area contributed by atoms with Crippen molar-refractivity contribution in [1.82, 2.24) is 0 Å². The number of rotatable bonds is 13. The first-order valence-corrected chi connectivity index (χ1v) is 9.86. The highest BCUT2D eigenvalue weighted by atomic mass is 31.2. The number of unbranched alkanes of at least 4 members (excludes halogenated alkanes) is 5. The van der Waals surface area contributed by atoms with E-state index in [1.54, 1.807) is 26.8 Å². The minimum absolute atomic E-state index is 0.0357. The third-order valence-electron chi connectivity index (χ3n) is 3.02. The Balaban J connectivity index is 4.93. The van der Waals surface area contributed by atoms with Gasteiger partial charge in [-0.25, -0.2) is 4.79 Å². The molecule has 0 atom stereocenters. The summed E-state index contributed by atoms with van der Waals surface area (Å²) in [5.41, 5.74) is 0. The van der Waals surface area contributed by atoms with Crippen LogP contribution in [-0.4, -0.2) is 25.8 Å². The Labute approximate surface area is 134 Å². The highest BCUT2D eigenvalue weighted by Gasteiger charge is 2.35. The van der Waals surface area contributed by atoms with Crippen molar-refractivity contribution in [2.45, 2.75) is 66.2 Å². The number of allylic oxidation sites excluding steroid dienone is 1. The van der Waals surface area contributed by atoms with Crippen molar-refractivity contribution in [3.05, 3.63) is 11.4 Å². The number of esters is 1. The van der Waals surface area contributed by atoms with Gasteiger partial charge in [-0.3, -0.25) is 4.57 Å². The molecule has 0 saturated heterocycles. The van der Waals surface area contributed by atoms with Gasteiger partial charge >= 0.3 is 13.6 Å². The van der Waals surface area contributed by atoms with E-state index < -0.39 is 13.6 Å². The Morgan fingerprint density at radius 1 is 0.909 bits per heavy atom. The first-order chi connectivity index (χ1) is 10.6. The van der Waals surface area contributed by atoms with Gasteiger partial charge in [0.15, 0.2) is 0 Å². The van der Waals surface area contributed by atoms with Gasteiger partial charge in [-0.1, -0.05) is 38.7 Å². The van der Waals surface area contributed by atoms with Gasteiger partial charge in [0.2, 0.25) is 0 Å². The molecule has 0 N–H and O–H groups in total. The summed E-state index contributed by atoms with van der Waals surface area (Å²) in [6.45, 7) is 7.98. The van der Waals surface area contributed by atoms with Gasteiger partial charge in [0.1, 0.15) is 5.31 Å². The molecule has 0 saturated carbocycles. The molecule has 0 spiro atoms. The summed E-state index contributed by atoms with van der Waals surface area (Å²) in [7, 11) is -3.59. The molecule has 0 aromatic rings. The minimum atomic E-state index is -3.59. The topological polar surface area (TPSA) is 61.8 Å². The van der Waals surface area contributed by atoms with Crippen molar-refractivity contribution in [2.75, 3.05) is 19.8 Å². The zero-order valence-corrected chi connectivity index (χ0v) is 15.3. The third kappa shape index (κ3) is 8.11. The summed E-state index contributed by atoms with van der Waals surface area (Å²) in [6, 6.07) is 0. The molecule has 0 aromatic heterocycles. The zero-order chi connectivity index (χ0) is 16.8. The Morgan fingerprint density at radius 2 is 1.50 bits per heavy atom. The van der Waals surface area contributed by atoms with E-state index in [9.17, 15) is 9.36 Å². The molecule has 0 aliphatic rings. The largest absolute Gasteiger partial charge is 0.462 e. The lowest BCUT2D eigenvalue weighted by Gasteiger charge is -2.19. The molecule has 0 aliphatic carbocycles. The fourth-order valence-electron chi connectivity index (χ4n) is 2.01. The predicted molar refractivity (Wildman–Crippen MR) is 89.0 cm³/mol. The number of hydrogen-bond donors (Lipinski definition) is 0. The second-order valence-electron chi connectivity index (χ2n) is 4.85. The van der Waals surface area contributed by atoms with Crippen LogP contribution in [0, 0.1) is 0 Å². The lowest BCUT2D eigenvalue weighted by Crippen LogP contribution is -2.11. The number of carbonyl (C=O) groups is 1. The van der Waals surface area contributed by atoms with Crippen LogP contribution in [-0.2, 0) is 23.1 Å². The number of carbonyl (C=O) groups excluding carboxylic acids is 1. The van der Waals surface area contributed by atoms with E-state index in [2.05, 4.69) is 6.92 Å². The summed E-state index contributed by atoms with van der Waals surface area (Å²) in [6.07, 6.45) is 7.94. The van der Waals surface area contributed by atoms with E-state index in [-0.39, 0.29) is 25.1 Å². The third-order valence-corrected chi connectivity index (χ3v) is 5.17. The second-order valence-corrected chi connectivity index (χ2v) is 6.84. The van der Waals surface area contributed by atoms with Crippen LogP contribution in [0.15, 0.2) is 11.4 Å². The molecule has 6 heteroatoms. The monoisotopic (exact) mass is 334 g/mol. The van der Waals surface area contributed by atoms with Crippen molar-refractivity contribution in [1.29, 1.82) is 0 Å². The summed E-state index contributed by atoms with van der Waals surface area (Å²) >= 11 is 0. The maximum atomic E-state index is 12.8. The van der Waals surface area contributed by atoms with Crippen LogP contribution >= 0.6 is 7.60 Å². The molecule has 0 bridgehead atoms. The molecule has 0 unspecified atom stereocenters. The number of ether oxygens (including phenoxy) is 1. The van der Waals surface area contributed by atoms with Crippen molar-refractivity contribution < 1.29 is 23.1 Å². The molecule has 0 aromatic carbocycles. The molecule has 5 nitrogen and oxygen atoms in total. The highest BCUT2D eigenvalue weighted by molar-refractivity contribution is 7.59. The smallest absolute Gasteiger partial charge is 0.368 e. The van der Waals surface area contributed by atoms with Gasteiger partial charge in [-0.2, -0.15) is 0 Å². The number of hydrogen-bond acceptors (Lipinski definition) is 5. The summed E-state index contributed by atoms with van der Waals surface area (Å²) < 4.78 is 28.3. The van der Waals surface area contributed by atoms with E-state index in [0.29, 0.717) is 6.42 Å². The molecule has 0 amide bonds. The molecule has 0 rings (SSSR count). The lowest BCUT2D eigenvalue weighted by molar-refractivity contribution is -0.137. The molecule has 0 heterocycles. The lowest BCUT2D eigenvalue weighted by atomic mass is 10.1. The van der Waals surface area contributed by atoms with Crippen molar-refractivity contribution in [2.24, 2.45) is 0 Å². The first-order valence-electron chi connectivity index (χ1n) is 8.32. The van der Waals surface area contributed by atoms with Crippen molar-refractivity contribution in [3.63, 3.8) is 0 Å². The fraction of sp³-hybridized carbons (Fsp3) is 0.812. The Morgan fingerprint density at radius 3 is 2.00 bits per heavy atom. The van der Waals surface area contributed by atoms with E-state index >= 15 is 0 Å². The van der Waals surface area contributed by atoms with Crippen molar-refractivity contribution in [3.8, 4) is 0 Å². The van der Waals surface area contributed by atoms with E-state index in [1.807, 2.05) is 0 Å². The maximum absolute atomic E-state index is 12.8. The van der Waals surface area contributed by atoms with Crippen LogP contribution in [0.2, 0.25) is 0 Å². The van der Waals surface area contributed by atoms with Gasteiger partial charge in [0.05, 0.1) is 19.8 Å². The average molecular weight is 334 g/mol. The van der Waals surface area contributed by atoms with Crippen LogP contribution in [0.4, 0.5) is 0 Å².